The van der Waals surface area contributed by atoms with Gasteiger partial charge in [0.25, 0.3) is 5.91 Å². The van der Waals surface area contributed by atoms with Gasteiger partial charge in [-0.2, -0.15) is 5.26 Å². The lowest BCUT2D eigenvalue weighted by molar-refractivity contribution is -0.133. The lowest BCUT2D eigenvalue weighted by Gasteiger charge is -2.39. The number of nitrogens with two attached hydrogens (primary N) is 2. The van der Waals surface area contributed by atoms with E-state index in [4.69, 9.17) is 16.2 Å². The third kappa shape index (κ3) is 4.62. The fourth-order valence-corrected chi connectivity index (χ4v) is 4.79. The van der Waals surface area contributed by atoms with E-state index in [9.17, 15) is 14.9 Å². The summed E-state index contributed by atoms with van der Waals surface area (Å²) in [6.45, 7) is 1.17. The third-order valence-electron chi connectivity index (χ3n) is 7.10. The third-order valence-corrected chi connectivity index (χ3v) is 7.10. The van der Waals surface area contributed by atoms with Crippen LogP contribution in [0.1, 0.15) is 12.8 Å². The summed E-state index contributed by atoms with van der Waals surface area (Å²) in [6.07, 6.45) is 4.45. The Morgan fingerprint density at radius 3 is 2.46 bits per heavy atom. The number of amides is 1. The molecular formula is C28H26N8O3. The Labute approximate surface area is 223 Å². The number of nitrogen functional groups attached to an aromatic ring is 1. The summed E-state index contributed by atoms with van der Waals surface area (Å²) in [5, 5.41) is 9.44. The van der Waals surface area contributed by atoms with Gasteiger partial charge < -0.3 is 21.1 Å². The Balaban J connectivity index is 1.24. The monoisotopic (exact) mass is 522 g/mol. The van der Waals surface area contributed by atoms with E-state index in [2.05, 4.69) is 9.97 Å². The fraction of sp³-hybridized carbons (Fsp3) is 0.250. The fourth-order valence-electron chi connectivity index (χ4n) is 4.79. The molecule has 39 heavy (non-hydrogen) atoms. The van der Waals surface area contributed by atoms with Crippen molar-refractivity contribution in [2.24, 2.45) is 11.7 Å². The molecule has 0 bridgehead atoms. The molecule has 6 rings (SSSR count). The molecular weight excluding hydrogens is 496 g/mol. The number of hydrogen-bond acceptors (Lipinski definition) is 8. The zero-order valence-electron chi connectivity index (χ0n) is 21.0. The van der Waals surface area contributed by atoms with E-state index in [1.807, 2.05) is 36.4 Å². The van der Waals surface area contributed by atoms with Crippen LogP contribution in [0.2, 0.25) is 0 Å². The summed E-state index contributed by atoms with van der Waals surface area (Å²) in [6, 6.07) is 18.5. The van der Waals surface area contributed by atoms with E-state index in [0.29, 0.717) is 48.0 Å². The van der Waals surface area contributed by atoms with Gasteiger partial charge in [-0.05, 0) is 55.3 Å². The number of aromatic nitrogens is 4. The first kappa shape index (κ1) is 24.4. The van der Waals surface area contributed by atoms with Gasteiger partial charge in [0, 0.05) is 31.1 Å². The minimum atomic E-state index is -0.536. The summed E-state index contributed by atoms with van der Waals surface area (Å²) < 4.78 is 8.93. The predicted molar refractivity (Wildman–Crippen MR) is 144 cm³/mol. The van der Waals surface area contributed by atoms with E-state index in [1.165, 1.54) is 10.9 Å². The van der Waals surface area contributed by atoms with Crippen LogP contribution in [-0.4, -0.2) is 48.5 Å². The van der Waals surface area contributed by atoms with Gasteiger partial charge in [-0.25, -0.2) is 14.8 Å². The van der Waals surface area contributed by atoms with Gasteiger partial charge in [0.1, 0.15) is 35.0 Å². The first-order valence-electron chi connectivity index (χ1n) is 12.6. The van der Waals surface area contributed by atoms with Crippen molar-refractivity contribution in [3.63, 3.8) is 0 Å². The van der Waals surface area contributed by atoms with Gasteiger partial charge in [-0.1, -0.05) is 18.2 Å². The molecule has 4 aromatic rings. The number of benzene rings is 2. The molecule has 11 nitrogen and oxygen atoms in total. The number of para-hydroxylation sites is 1. The Morgan fingerprint density at radius 1 is 1.10 bits per heavy atom. The van der Waals surface area contributed by atoms with Gasteiger partial charge >= 0.3 is 5.69 Å². The highest BCUT2D eigenvalue weighted by Gasteiger charge is 2.39. The normalized spacial score (nSPS) is 16.5. The first-order chi connectivity index (χ1) is 18.8. The molecule has 1 saturated carbocycles. The van der Waals surface area contributed by atoms with Crippen molar-refractivity contribution < 1.29 is 9.53 Å². The molecule has 4 N–H and O–H groups in total. The second kappa shape index (κ2) is 9.41. The van der Waals surface area contributed by atoms with Crippen LogP contribution in [0.5, 0.6) is 11.5 Å². The molecule has 0 radical (unpaired) electrons. The van der Waals surface area contributed by atoms with E-state index < -0.39 is 5.54 Å². The molecule has 0 atom stereocenters. The summed E-state index contributed by atoms with van der Waals surface area (Å²) in [5.41, 5.74) is 12.9. The maximum absolute atomic E-state index is 13.7. The zero-order valence-corrected chi connectivity index (χ0v) is 21.0. The maximum Gasteiger partial charge on any atom is 0.335 e. The number of ether oxygens (including phenoxy) is 1. The van der Waals surface area contributed by atoms with Gasteiger partial charge in [-0.15, -0.1) is 0 Å². The number of hydrogen-bond donors (Lipinski definition) is 2. The Kier molecular flexibility index (Phi) is 5.89. The minimum absolute atomic E-state index is 0.0104. The average Bonchev–Trinajstić information content (AvgIpc) is 3.58. The molecule has 1 aliphatic heterocycles. The molecule has 2 aromatic heterocycles. The second-order valence-electron chi connectivity index (χ2n) is 10.0. The van der Waals surface area contributed by atoms with Crippen molar-refractivity contribution in [3.05, 3.63) is 83.1 Å². The van der Waals surface area contributed by atoms with Crippen molar-refractivity contribution in [2.45, 2.75) is 24.9 Å². The second-order valence-corrected chi connectivity index (χ2v) is 10.0. The largest absolute Gasteiger partial charge is 0.457 e. The van der Waals surface area contributed by atoms with Crippen molar-refractivity contribution in [2.75, 3.05) is 18.8 Å². The summed E-state index contributed by atoms with van der Waals surface area (Å²) in [7, 11) is 0. The summed E-state index contributed by atoms with van der Waals surface area (Å²) >= 11 is 0. The van der Waals surface area contributed by atoms with Crippen LogP contribution in [0.4, 0.5) is 5.82 Å². The number of fused-ring (bicyclic) bond motifs is 1. The summed E-state index contributed by atoms with van der Waals surface area (Å²) in [5.74, 6) is 1.20. The Morgan fingerprint density at radius 2 is 1.79 bits per heavy atom. The molecule has 1 aliphatic carbocycles. The molecule has 196 valence electrons. The molecule has 3 heterocycles. The molecule has 2 aliphatic rings. The van der Waals surface area contributed by atoms with Crippen LogP contribution in [0.25, 0.3) is 16.9 Å². The van der Waals surface area contributed by atoms with Gasteiger partial charge in [0.2, 0.25) is 0 Å². The van der Waals surface area contributed by atoms with Crippen molar-refractivity contribution in [1.82, 2.24) is 24.0 Å². The van der Waals surface area contributed by atoms with Crippen LogP contribution in [0.15, 0.2) is 77.4 Å². The molecule has 2 fully saturated rings. The van der Waals surface area contributed by atoms with E-state index >= 15 is 0 Å². The van der Waals surface area contributed by atoms with E-state index in [1.54, 1.807) is 39.8 Å². The van der Waals surface area contributed by atoms with Crippen LogP contribution >= 0.6 is 0 Å². The van der Waals surface area contributed by atoms with E-state index in [-0.39, 0.29) is 28.9 Å². The number of nitrogens with zero attached hydrogens (tertiary/aromatic N) is 6. The van der Waals surface area contributed by atoms with Gasteiger partial charge in [0.05, 0.1) is 5.69 Å². The molecule has 2 aromatic carbocycles. The number of likely N-dealkylation sites (tertiary alicyclic amines) is 1. The van der Waals surface area contributed by atoms with Crippen LogP contribution in [-0.2, 0) is 11.3 Å². The highest BCUT2D eigenvalue weighted by molar-refractivity contribution is 5.98. The summed E-state index contributed by atoms with van der Waals surface area (Å²) in [4.78, 5) is 36.5. The molecule has 1 saturated heterocycles. The number of anilines is 1. The van der Waals surface area contributed by atoms with Crippen LogP contribution < -0.4 is 21.9 Å². The Bertz CT molecular complexity index is 1690. The maximum atomic E-state index is 13.7. The van der Waals surface area contributed by atoms with Crippen LogP contribution in [0, 0.1) is 17.2 Å². The highest BCUT2D eigenvalue weighted by atomic mass is 16.5. The molecule has 1 amide bonds. The molecule has 0 unspecified atom stereocenters. The molecule has 11 heteroatoms. The van der Waals surface area contributed by atoms with E-state index in [0.717, 1.165) is 12.8 Å². The number of carbonyl (C=O) groups excluding carboxylic acids is 1. The van der Waals surface area contributed by atoms with Crippen molar-refractivity contribution >= 4 is 22.9 Å². The highest BCUT2D eigenvalue weighted by Crippen LogP contribution is 2.35. The SMILES string of the molecule is N#CC(=CC1(N)CC1)C(=O)N1CC(Cn2c(=O)n(-c3ccc(Oc4ccccc4)cc3)c3c(N)ncnc32)C1. The first-order valence-corrected chi connectivity index (χ1v) is 12.6. The number of nitriles is 1. The smallest absolute Gasteiger partial charge is 0.335 e. The predicted octanol–water partition coefficient (Wildman–Crippen LogP) is 2.36. The lowest BCUT2D eigenvalue weighted by atomic mass is 9.98. The quantitative estimate of drug-likeness (QED) is 0.276. The average molecular weight is 523 g/mol. The Hall–Kier alpha value is -4.95. The molecule has 0 spiro atoms. The van der Waals surface area contributed by atoms with Crippen molar-refractivity contribution in [1.29, 1.82) is 5.26 Å². The van der Waals surface area contributed by atoms with Crippen LogP contribution in [0.3, 0.4) is 0 Å². The number of imidazole rings is 1. The zero-order chi connectivity index (χ0) is 27.1. The number of rotatable bonds is 7. The lowest BCUT2D eigenvalue weighted by Crippen LogP contribution is -2.52. The van der Waals surface area contributed by atoms with Gasteiger partial charge in [0.15, 0.2) is 11.5 Å². The van der Waals surface area contributed by atoms with Crippen molar-refractivity contribution in [3.8, 4) is 23.3 Å². The standard InChI is InChI=1S/C28H26N8O3/c29-13-19(12-28(31)10-11-28)26(37)34-14-18(15-34)16-35-25-23(24(30)32-17-33-25)36(27(35)38)20-6-8-22(9-7-20)39-21-4-2-1-3-5-21/h1-9,12,17-18H,10-11,14-16,31H2,(H2,30,32,33). The van der Waals surface area contributed by atoms with Gasteiger partial charge in [-0.3, -0.25) is 13.9 Å². The topological polar surface area (TPSA) is 158 Å². The minimum Gasteiger partial charge on any atom is -0.457 e. The number of carbonyl (C=O) groups is 1.